The molecule has 84 valence electrons. The van der Waals surface area contributed by atoms with Crippen molar-refractivity contribution in [3.8, 4) is 5.69 Å². The van der Waals surface area contributed by atoms with Crippen molar-refractivity contribution >= 4 is 0 Å². The Balaban J connectivity index is 2.62. The number of rotatable bonds is 1. The SMILES string of the molecule is CC(C)(C)c1cc(F)ccc1-n1cccn1. The third-order valence-corrected chi connectivity index (χ3v) is 2.52. The highest BCUT2D eigenvalue weighted by atomic mass is 19.1. The zero-order valence-electron chi connectivity index (χ0n) is 9.74. The Hall–Kier alpha value is -1.64. The second-order valence-electron chi connectivity index (χ2n) is 4.86. The molecular formula is C13H15FN2. The summed E-state index contributed by atoms with van der Waals surface area (Å²) in [5, 5.41) is 4.18. The van der Waals surface area contributed by atoms with E-state index >= 15 is 0 Å². The molecule has 2 rings (SSSR count). The Morgan fingerprint density at radius 3 is 2.56 bits per heavy atom. The molecule has 0 aliphatic rings. The number of hydrogen-bond donors (Lipinski definition) is 0. The van der Waals surface area contributed by atoms with E-state index in [1.165, 1.54) is 6.07 Å². The molecule has 0 aliphatic carbocycles. The Morgan fingerprint density at radius 2 is 2.00 bits per heavy atom. The van der Waals surface area contributed by atoms with Gasteiger partial charge in [0.1, 0.15) is 5.82 Å². The van der Waals surface area contributed by atoms with Gasteiger partial charge in [-0.3, -0.25) is 0 Å². The Bertz CT molecular complexity index is 481. The van der Waals surface area contributed by atoms with Crippen LogP contribution in [0, 0.1) is 5.82 Å². The maximum Gasteiger partial charge on any atom is 0.123 e. The first kappa shape index (κ1) is 10.9. The van der Waals surface area contributed by atoms with Gasteiger partial charge in [0.25, 0.3) is 0 Å². The molecule has 0 fully saturated rings. The smallest absolute Gasteiger partial charge is 0.123 e. The van der Waals surface area contributed by atoms with Gasteiger partial charge in [-0.15, -0.1) is 0 Å². The highest BCUT2D eigenvalue weighted by Gasteiger charge is 2.19. The lowest BCUT2D eigenvalue weighted by Gasteiger charge is -2.22. The minimum absolute atomic E-state index is 0.108. The quantitative estimate of drug-likeness (QED) is 0.718. The van der Waals surface area contributed by atoms with Gasteiger partial charge >= 0.3 is 0 Å². The second kappa shape index (κ2) is 3.74. The van der Waals surface area contributed by atoms with Gasteiger partial charge in [-0.1, -0.05) is 20.8 Å². The predicted octanol–water partition coefficient (Wildman–Crippen LogP) is 3.31. The van der Waals surface area contributed by atoms with Gasteiger partial charge in [-0.2, -0.15) is 5.10 Å². The molecule has 3 heteroatoms. The third kappa shape index (κ3) is 1.98. The van der Waals surface area contributed by atoms with Crippen LogP contribution in [0.5, 0.6) is 0 Å². The largest absolute Gasteiger partial charge is 0.241 e. The van der Waals surface area contributed by atoms with Crippen LogP contribution >= 0.6 is 0 Å². The Morgan fingerprint density at radius 1 is 1.25 bits per heavy atom. The Labute approximate surface area is 94.7 Å². The van der Waals surface area contributed by atoms with E-state index in [2.05, 4.69) is 25.9 Å². The molecule has 0 radical (unpaired) electrons. The molecule has 2 aromatic rings. The standard InChI is InChI=1S/C13H15FN2/c1-13(2,3)11-9-10(14)5-6-12(11)16-8-4-7-15-16/h4-9H,1-3H3. The van der Waals surface area contributed by atoms with Crippen molar-refractivity contribution in [2.24, 2.45) is 0 Å². The molecule has 1 aromatic carbocycles. The number of nitrogens with zero attached hydrogens (tertiary/aromatic N) is 2. The van der Waals surface area contributed by atoms with Crippen LogP contribution in [0.25, 0.3) is 5.69 Å². The second-order valence-corrected chi connectivity index (χ2v) is 4.86. The monoisotopic (exact) mass is 218 g/mol. The zero-order chi connectivity index (χ0) is 11.8. The predicted molar refractivity (Wildman–Crippen MR) is 62.2 cm³/mol. The van der Waals surface area contributed by atoms with E-state index in [-0.39, 0.29) is 11.2 Å². The van der Waals surface area contributed by atoms with Crippen LogP contribution in [0.4, 0.5) is 4.39 Å². The highest BCUT2D eigenvalue weighted by molar-refractivity contribution is 5.44. The number of hydrogen-bond acceptors (Lipinski definition) is 1. The summed E-state index contributed by atoms with van der Waals surface area (Å²) in [4.78, 5) is 0. The van der Waals surface area contributed by atoms with Gasteiger partial charge in [0, 0.05) is 12.4 Å². The summed E-state index contributed by atoms with van der Waals surface area (Å²) in [6.07, 6.45) is 3.58. The van der Waals surface area contributed by atoms with E-state index < -0.39 is 0 Å². The highest BCUT2D eigenvalue weighted by Crippen LogP contribution is 2.28. The molecule has 0 N–H and O–H groups in total. The van der Waals surface area contributed by atoms with Gasteiger partial charge in [0.05, 0.1) is 5.69 Å². The van der Waals surface area contributed by atoms with Gasteiger partial charge in [0.15, 0.2) is 0 Å². The summed E-state index contributed by atoms with van der Waals surface area (Å²) >= 11 is 0. The summed E-state index contributed by atoms with van der Waals surface area (Å²) in [5.41, 5.74) is 1.78. The zero-order valence-corrected chi connectivity index (χ0v) is 9.74. The minimum atomic E-state index is -0.208. The van der Waals surface area contributed by atoms with Crippen LogP contribution in [0.2, 0.25) is 0 Å². The minimum Gasteiger partial charge on any atom is -0.241 e. The van der Waals surface area contributed by atoms with E-state index in [0.717, 1.165) is 11.3 Å². The molecule has 0 atom stereocenters. The van der Waals surface area contributed by atoms with Crippen LogP contribution < -0.4 is 0 Å². The summed E-state index contributed by atoms with van der Waals surface area (Å²) in [7, 11) is 0. The first-order valence-electron chi connectivity index (χ1n) is 5.28. The fourth-order valence-corrected chi connectivity index (χ4v) is 1.72. The molecule has 0 saturated heterocycles. The average Bonchev–Trinajstić information content (AvgIpc) is 2.69. The summed E-state index contributed by atoms with van der Waals surface area (Å²) < 4.78 is 15.1. The van der Waals surface area contributed by atoms with E-state index in [1.807, 2.05) is 12.3 Å². The maximum absolute atomic E-state index is 13.3. The molecular weight excluding hydrogens is 203 g/mol. The molecule has 1 heterocycles. The van der Waals surface area contributed by atoms with Gasteiger partial charge in [-0.05, 0) is 35.2 Å². The van der Waals surface area contributed by atoms with E-state index in [9.17, 15) is 4.39 Å². The van der Waals surface area contributed by atoms with Gasteiger partial charge in [-0.25, -0.2) is 9.07 Å². The number of benzene rings is 1. The van der Waals surface area contributed by atoms with Crippen molar-refractivity contribution in [3.05, 3.63) is 48.0 Å². The van der Waals surface area contributed by atoms with Crippen molar-refractivity contribution < 1.29 is 4.39 Å². The molecule has 16 heavy (non-hydrogen) atoms. The molecule has 1 aromatic heterocycles. The molecule has 0 bridgehead atoms. The van der Waals surface area contributed by atoms with Crippen LogP contribution in [0.1, 0.15) is 26.3 Å². The van der Waals surface area contributed by atoms with Crippen LogP contribution in [0.3, 0.4) is 0 Å². The molecule has 0 saturated carbocycles. The number of halogens is 1. The molecule has 0 spiro atoms. The molecule has 0 amide bonds. The normalized spacial score (nSPS) is 11.8. The topological polar surface area (TPSA) is 17.8 Å². The van der Waals surface area contributed by atoms with Crippen molar-refractivity contribution in [3.63, 3.8) is 0 Å². The third-order valence-electron chi connectivity index (χ3n) is 2.52. The van der Waals surface area contributed by atoms with Crippen molar-refractivity contribution in [2.45, 2.75) is 26.2 Å². The lowest BCUT2D eigenvalue weighted by Crippen LogP contribution is -2.15. The van der Waals surface area contributed by atoms with Crippen LogP contribution in [-0.4, -0.2) is 9.78 Å². The van der Waals surface area contributed by atoms with E-state index in [1.54, 1.807) is 23.0 Å². The van der Waals surface area contributed by atoms with E-state index in [0.29, 0.717) is 0 Å². The van der Waals surface area contributed by atoms with E-state index in [4.69, 9.17) is 0 Å². The van der Waals surface area contributed by atoms with Crippen molar-refractivity contribution in [2.75, 3.05) is 0 Å². The molecule has 2 nitrogen and oxygen atoms in total. The molecule has 0 unspecified atom stereocenters. The average molecular weight is 218 g/mol. The van der Waals surface area contributed by atoms with Crippen molar-refractivity contribution in [1.82, 2.24) is 9.78 Å². The fraction of sp³-hybridized carbons (Fsp3) is 0.308. The summed E-state index contributed by atoms with van der Waals surface area (Å²) in [6, 6.07) is 6.67. The summed E-state index contributed by atoms with van der Waals surface area (Å²) in [5.74, 6) is -0.208. The molecule has 0 aliphatic heterocycles. The first-order valence-corrected chi connectivity index (χ1v) is 5.28. The maximum atomic E-state index is 13.3. The lowest BCUT2D eigenvalue weighted by atomic mass is 9.85. The van der Waals surface area contributed by atoms with Crippen LogP contribution in [0.15, 0.2) is 36.7 Å². The lowest BCUT2D eigenvalue weighted by molar-refractivity contribution is 0.566. The first-order chi connectivity index (χ1) is 7.48. The van der Waals surface area contributed by atoms with Crippen LogP contribution in [-0.2, 0) is 5.41 Å². The fourth-order valence-electron chi connectivity index (χ4n) is 1.72. The summed E-state index contributed by atoms with van der Waals surface area (Å²) in [6.45, 7) is 6.19. The van der Waals surface area contributed by atoms with Crippen molar-refractivity contribution in [1.29, 1.82) is 0 Å². The van der Waals surface area contributed by atoms with Gasteiger partial charge < -0.3 is 0 Å². The Kier molecular flexibility index (Phi) is 2.54. The van der Waals surface area contributed by atoms with Gasteiger partial charge in [0.2, 0.25) is 0 Å². The number of aromatic nitrogens is 2.